The third-order valence-corrected chi connectivity index (χ3v) is 3.07. The van der Waals surface area contributed by atoms with Crippen molar-refractivity contribution in [1.29, 1.82) is 5.26 Å². The number of nitrogens with zero attached hydrogens (tertiary/aromatic N) is 1. The summed E-state index contributed by atoms with van der Waals surface area (Å²) in [6.07, 6.45) is 0. The first-order chi connectivity index (χ1) is 6.31. The molecule has 0 aliphatic carbocycles. The molecule has 0 amide bonds. The fraction of sp³-hybridized carbons (Fsp3) is 0.182. The molecule has 0 spiro atoms. The van der Waals surface area contributed by atoms with E-state index in [2.05, 4.69) is 29.6 Å². The zero-order chi connectivity index (χ0) is 9.26. The molecule has 1 atom stereocenters. The molecule has 0 aliphatic rings. The molecule has 0 radical (unpaired) electrons. The summed E-state index contributed by atoms with van der Waals surface area (Å²) in [5.41, 5.74) is 1.11. The molecule has 1 aromatic carbocycles. The van der Waals surface area contributed by atoms with Crippen LogP contribution in [0.3, 0.4) is 0 Å². The lowest BCUT2D eigenvalue weighted by Gasteiger charge is -2.01. The minimum atomic E-state index is -0.00991. The third kappa shape index (κ3) is 1.43. The molecule has 0 bridgehead atoms. The van der Waals surface area contributed by atoms with Gasteiger partial charge in [0.25, 0.3) is 0 Å². The van der Waals surface area contributed by atoms with Crippen LogP contribution >= 0.6 is 11.3 Å². The van der Waals surface area contributed by atoms with Crippen LogP contribution in [0.15, 0.2) is 29.6 Å². The fourth-order valence-corrected chi connectivity index (χ4v) is 2.10. The van der Waals surface area contributed by atoms with Crippen molar-refractivity contribution in [2.45, 2.75) is 12.8 Å². The van der Waals surface area contributed by atoms with Gasteiger partial charge in [0, 0.05) is 4.70 Å². The van der Waals surface area contributed by atoms with Gasteiger partial charge in [-0.25, -0.2) is 0 Å². The number of fused-ring (bicyclic) bond motifs is 1. The summed E-state index contributed by atoms with van der Waals surface area (Å²) < 4.78 is 1.29. The Labute approximate surface area is 81.2 Å². The molecule has 2 aromatic rings. The molecule has 0 N–H and O–H groups in total. The van der Waals surface area contributed by atoms with Crippen molar-refractivity contribution in [3.05, 3.63) is 35.2 Å². The average molecular weight is 187 g/mol. The lowest BCUT2D eigenvalue weighted by molar-refractivity contribution is 0.985. The van der Waals surface area contributed by atoms with Gasteiger partial charge in [-0.15, -0.1) is 11.3 Å². The standard InChI is InChI=1S/C11H9NS/c1-8(7-12)9-2-3-11-10(6-9)4-5-13-11/h2-6,8H,1H3. The SMILES string of the molecule is CC(C#N)c1ccc2sccc2c1. The molecule has 1 unspecified atom stereocenters. The predicted molar refractivity (Wildman–Crippen MR) is 55.9 cm³/mol. The van der Waals surface area contributed by atoms with Crippen LogP contribution in [0.2, 0.25) is 0 Å². The number of nitriles is 1. The van der Waals surface area contributed by atoms with E-state index in [1.54, 1.807) is 11.3 Å². The molecule has 2 heteroatoms. The van der Waals surface area contributed by atoms with Gasteiger partial charge in [0.15, 0.2) is 0 Å². The van der Waals surface area contributed by atoms with E-state index in [0.29, 0.717) is 0 Å². The van der Waals surface area contributed by atoms with Crippen LogP contribution in [0, 0.1) is 11.3 Å². The average Bonchev–Trinajstić information content (AvgIpc) is 2.63. The minimum absolute atomic E-state index is 0.00991. The first kappa shape index (κ1) is 8.28. The van der Waals surface area contributed by atoms with Crippen LogP contribution in [0.1, 0.15) is 18.4 Å². The Hall–Kier alpha value is -1.33. The van der Waals surface area contributed by atoms with Gasteiger partial charge in [0.1, 0.15) is 0 Å². The Kier molecular flexibility index (Phi) is 2.03. The summed E-state index contributed by atoms with van der Waals surface area (Å²) in [5.74, 6) is -0.00991. The van der Waals surface area contributed by atoms with Gasteiger partial charge >= 0.3 is 0 Å². The van der Waals surface area contributed by atoms with Crippen molar-refractivity contribution < 1.29 is 0 Å². The number of thiophene rings is 1. The van der Waals surface area contributed by atoms with E-state index < -0.39 is 0 Å². The van der Waals surface area contributed by atoms with Gasteiger partial charge in [-0.2, -0.15) is 5.26 Å². The minimum Gasteiger partial charge on any atom is -0.198 e. The predicted octanol–water partition coefficient (Wildman–Crippen LogP) is 3.53. The van der Waals surface area contributed by atoms with E-state index in [1.807, 2.05) is 13.0 Å². The molecule has 0 saturated carbocycles. The maximum absolute atomic E-state index is 8.76. The van der Waals surface area contributed by atoms with E-state index in [-0.39, 0.29) is 5.92 Å². The van der Waals surface area contributed by atoms with Crippen LogP contribution in [-0.2, 0) is 0 Å². The smallest absolute Gasteiger partial charge is 0.0700 e. The highest BCUT2D eigenvalue weighted by Gasteiger charge is 2.04. The molecular formula is C11H9NS. The summed E-state index contributed by atoms with van der Waals surface area (Å²) >= 11 is 1.73. The monoisotopic (exact) mass is 187 g/mol. The van der Waals surface area contributed by atoms with Crippen LogP contribution in [-0.4, -0.2) is 0 Å². The van der Waals surface area contributed by atoms with Gasteiger partial charge in [-0.05, 0) is 41.5 Å². The van der Waals surface area contributed by atoms with Crippen molar-refractivity contribution in [2.24, 2.45) is 0 Å². The van der Waals surface area contributed by atoms with Gasteiger partial charge < -0.3 is 0 Å². The first-order valence-electron chi connectivity index (χ1n) is 4.18. The molecule has 13 heavy (non-hydrogen) atoms. The van der Waals surface area contributed by atoms with Gasteiger partial charge in [-0.3, -0.25) is 0 Å². The van der Waals surface area contributed by atoms with Crippen molar-refractivity contribution in [1.82, 2.24) is 0 Å². The molecule has 1 aromatic heterocycles. The van der Waals surface area contributed by atoms with E-state index >= 15 is 0 Å². The summed E-state index contributed by atoms with van der Waals surface area (Å²) in [6.45, 7) is 1.92. The van der Waals surface area contributed by atoms with Crippen LogP contribution in [0.5, 0.6) is 0 Å². The topological polar surface area (TPSA) is 23.8 Å². The summed E-state index contributed by atoms with van der Waals surface area (Å²) in [4.78, 5) is 0. The number of rotatable bonds is 1. The van der Waals surface area contributed by atoms with Gasteiger partial charge in [0.05, 0.1) is 12.0 Å². The first-order valence-corrected chi connectivity index (χ1v) is 5.06. The van der Waals surface area contributed by atoms with Crippen LogP contribution < -0.4 is 0 Å². The van der Waals surface area contributed by atoms with Crippen LogP contribution in [0.4, 0.5) is 0 Å². The van der Waals surface area contributed by atoms with E-state index in [1.165, 1.54) is 10.1 Å². The molecule has 0 saturated heterocycles. The Balaban J connectivity index is 2.55. The number of hydrogen-bond acceptors (Lipinski definition) is 2. The fourth-order valence-electron chi connectivity index (χ4n) is 1.33. The van der Waals surface area contributed by atoms with Crippen molar-refractivity contribution in [3.8, 4) is 6.07 Å². The lowest BCUT2D eigenvalue weighted by Crippen LogP contribution is -1.87. The molecule has 2 rings (SSSR count). The Morgan fingerprint density at radius 3 is 3.00 bits per heavy atom. The Morgan fingerprint density at radius 1 is 1.38 bits per heavy atom. The summed E-state index contributed by atoms with van der Waals surface area (Å²) in [7, 11) is 0. The molecule has 1 heterocycles. The van der Waals surface area contributed by atoms with Crippen molar-refractivity contribution >= 4 is 21.4 Å². The van der Waals surface area contributed by atoms with E-state index in [0.717, 1.165) is 5.56 Å². The number of hydrogen-bond donors (Lipinski definition) is 0. The van der Waals surface area contributed by atoms with Crippen molar-refractivity contribution in [3.63, 3.8) is 0 Å². The lowest BCUT2D eigenvalue weighted by atomic mass is 10.0. The molecule has 0 aliphatic heterocycles. The highest BCUT2D eigenvalue weighted by atomic mass is 32.1. The normalized spacial score (nSPS) is 12.6. The maximum atomic E-state index is 8.76. The largest absolute Gasteiger partial charge is 0.198 e. The van der Waals surface area contributed by atoms with Crippen LogP contribution in [0.25, 0.3) is 10.1 Å². The number of benzene rings is 1. The zero-order valence-electron chi connectivity index (χ0n) is 7.32. The molecule has 64 valence electrons. The zero-order valence-corrected chi connectivity index (χ0v) is 8.14. The Bertz CT molecular complexity index is 464. The molecule has 0 fully saturated rings. The maximum Gasteiger partial charge on any atom is 0.0700 e. The van der Waals surface area contributed by atoms with Gasteiger partial charge in [-0.1, -0.05) is 6.07 Å². The third-order valence-electron chi connectivity index (χ3n) is 2.17. The molecule has 1 nitrogen and oxygen atoms in total. The quantitative estimate of drug-likeness (QED) is 0.670. The van der Waals surface area contributed by atoms with E-state index in [4.69, 9.17) is 5.26 Å². The highest BCUT2D eigenvalue weighted by Crippen LogP contribution is 2.24. The summed E-state index contributed by atoms with van der Waals surface area (Å²) in [6, 6.07) is 10.6. The highest BCUT2D eigenvalue weighted by molar-refractivity contribution is 7.17. The molecular weight excluding hydrogens is 178 g/mol. The second kappa shape index (κ2) is 3.20. The summed E-state index contributed by atoms with van der Waals surface area (Å²) in [5, 5.41) is 12.1. The van der Waals surface area contributed by atoms with Crippen molar-refractivity contribution in [2.75, 3.05) is 0 Å². The van der Waals surface area contributed by atoms with E-state index in [9.17, 15) is 0 Å². The Morgan fingerprint density at radius 2 is 2.23 bits per heavy atom. The van der Waals surface area contributed by atoms with Gasteiger partial charge in [0.2, 0.25) is 0 Å². The second-order valence-corrected chi connectivity index (χ2v) is 4.02. The second-order valence-electron chi connectivity index (χ2n) is 3.07.